The molecule has 4 rings (SSSR count). The highest BCUT2D eigenvalue weighted by Crippen LogP contribution is 2.33. The van der Waals surface area contributed by atoms with Crippen LogP contribution in [-0.2, 0) is 35.4 Å². The van der Waals surface area contributed by atoms with E-state index in [0.717, 1.165) is 34.1 Å². The molecule has 0 bridgehead atoms. The molecule has 0 radical (unpaired) electrons. The van der Waals surface area contributed by atoms with Crippen LogP contribution in [0.15, 0.2) is 47.4 Å². The van der Waals surface area contributed by atoms with Gasteiger partial charge in [0.05, 0.1) is 0 Å². The van der Waals surface area contributed by atoms with E-state index in [1.807, 2.05) is 6.26 Å². The van der Waals surface area contributed by atoms with Crippen molar-refractivity contribution in [2.45, 2.75) is 49.6 Å². The molecule has 7 heteroatoms. The maximum absolute atomic E-state index is 13.9. The minimum absolute atomic E-state index is 0.00264. The predicted octanol–water partition coefficient (Wildman–Crippen LogP) is 4.19. The van der Waals surface area contributed by atoms with Gasteiger partial charge in [-0.3, -0.25) is 9.59 Å². The molecule has 1 atom stereocenters. The zero-order valence-corrected chi connectivity index (χ0v) is 18.2. The quantitative estimate of drug-likeness (QED) is 0.541. The number of nitrogens with one attached hydrogen (secondary N) is 1. The molecule has 2 aromatic carbocycles. The van der Waals surface area contributed by atoms with Gasteiger partial charge in [-0.15, -0.1) is 11.8 Å². The van der Waals surface area contributed by atoms with E-state index in [9.17, 15) is 19.1 Å². The third kappa shape index (κ3) is 4.77. The molecule has 1 amide bonds. The number of nitrogens with zero attached hydrogens (tertiary/aromatic N) is 1. The van der Waals surface area contributed by atoms with Crippen LogP contribution in [0.1, 0.15) is 29.7 Å². The number of halogens is 1. The van der Waals surface area contributed by atoms with Crippen molar-refractivity contribution in [3.05, 3.63) is 65.1 Å². The zero-order valence-electron chi connectivity index (χ0n) is 17.4. The molecule has 5 nitrogen and oxygen atoms in total. The Labute approximate surface area is 184 Å². The summed E-state index contributed by atoms with van der Waals surface area (Å²) in [6.07, 6.45) is 5.10. The van der Waals surface area contributed by atoms with E-state index >= 15 is 0 Å². The molecule has 1 aromatic heterocycles. The standard InChI is InChI=1S/C24H25FN2O3S/c1-31-18-7-2-15(3-8-18)4-11-23(28)26-17-6-10-22-20(13-17)19-12-16(25)5-9-21(19)27(22)14-24(29)30/h2-3,5,7-9,12,17H,4,6,10-11,13-14H2,1H3,(H,26,28)(H,29,30)/t17-/m0/s1. The van der Waals surface area contributed by atoms with Gasteiger partial charge in [-0.2, -0.15) is 0 Å². The van der Waals surface area contributed by atoms with Crippen molar-refractivity contribution in [1.29, 1.82) is 0 Å². The number of hydrogen-bond acceptors (Lipinski definition) is 3. The number of carbonyl (C=O) groups excluding carboxylic acids is 1. The smallest absolute Gasteiger partial charge is 0.323 e. The summed E-state index contributed by atoms with van der Waals surface area (Å²) in [5.74, 6) is -1.27. The molecule has 162 valence electrons. The van der Waals surface area contributed by atoms with Crippen molar-refractivity contribution < 1.29 is 19.1 Å². The molecule has 0 spiro atoms. The van der Waals surface area contributed by atoms with Crippen LogP contribution in [0.5, 0.6) is 0 Å². The topological polar surface area (TPSA) is 71.3 Å². The van der Waals surface area contributed by atoms with E-state index in [1.165, 1.54) is 17.0 Å². The molecule has 3 aromatic rings. The van der Waals surface area contributed by atoms with Crippen LogP contribution >= 0.6 is 11.8 Å². The molecule has 0 unspecified atom stereocenters. The molecule has 1 aliphatic carbocycles. The first-order chi connectivity index (χ1) is 14.9. The van der Waals surface area contributed by atoms with Crippen molar-refractivity contribution >= 4 is 34.5 Å². The average Bonchev–Trinajstić information content (AvgIpc) is 3.04. The van der Waals surface area contributed by atoms with Crippen LogP contribution in [0.3, 0.4) is 0 Å². The van der Waals surface area contributed by atoms with Crippen molar-refractivity contribution in [3.63, 3.8) is 0 Å². The molecule has 0 fully saturated rings. The second-order valence-electron chi connectivity index (χ2n) is 7.92. The summed E-state index contributed by atoms with van der Waals surface area (Å²) in [7, 11) is 0. The summed E-state index contributed by atoms with van der Waals surface area (Å²) >= 11 is 1.69. The summed E-state index contributed by atoms with van der Waals surface area (Å²) in [4.78, 5) is 25.1. The molecular weight excluding hydrogens is 415 g/mol. The fourth-order valence-corrected chi connectivity index (χ4v) is 4.82. The molecule has 31 heavy (non-hydrogen) atoms. The van der Waals surface area contributed by atoms with E-state index in [0.29, 0.717) is 25.7 Å². The van der Waals surface area contributed by atoms with Gasteiger partial charge < -0.3 is 15.0 Å². The molecule has 0 saturated heterocycles. The molecular formula is C24H25FN2O3S. The first-order valence-electron chi connectivity index (χ1n) is 10.4. The third-order valence-corrected chi connectivity index (χ3v) is 6.63. The summed E-state index contributed by atoms with van der Waals surface area (Å²) < 4.78 is 15.7. The van der Waals surface area contributed by atoms with Crippen molar-refractivity contribution in [2.24, 2.45) is 0 Å². The Kier molecular flexibility index (Phi) is 6.32. The largest absolute Gasteiger partial charge is 0.480 e. The Morgan fingerprint density at radius 2 is 2.00 bits per heavy atom. The highest BCUT2D eigenvalue weighted by molar-refractivity contribution is 7.98. The lowest BCUT2D eigenvalue weighted by Gasteiger charge is -2.25. The van der Waals surface area contributed by atoms with E-state index < -0.39 is 5.97 Å². The van der Waals surface area contributed by atoms with Crippen molar-refractivity contribution in [2.75, 3.05) is 6.26 Å². The normalized spacial score (nSPS) is 15.6. The number of benzene rings is 2. The number of aromatic nitrogens is 1. The van der Waals surface area contributed by atoms with Gasteiger partial charge >= 0.3 is 5.97 Å². The van der Waals surface area contributed by atoms with Gasteiger partial charge in [0.25, 0.3) is 0 Å². The molecule has 0 saturated carbocycles. The number of carboxylic acid groups (broad SMARTS) is 1. The van der Waals surface area contributed by atoms with Crippen LogP contribution in [0, 0.1) is 5.82 Å². The SMILES string of the molecule is CSc1ccc(CCC(=O)N[C@H]2CCc3c(c4cc(F)ccc4n3CC(=O)O)C2)cc1. The number of rotatable bonds is 7. The van der Waals surface area contributed by atoms with E-state index in [1.54, 1.807) is 22.4 Å². The Hall–Kier alpha value is -2.80. The predicted molar refractivity (Wildman–Crippen MR) is 120 cm³/mol. The van der Waals surface area contributed by atoms with Gasteiger partial charge in [-0.25, -0.2) is 4.39 Å². The van der Waals surface area contributed by atoms with E-state index in [4.69, 9.17) is 0 Å². The first kappa shape index (κ1) is 21.4. The molecule has 2 N–H and O–H groups in total. The Balaban J connectivity index is 1.45. The van der Waals surface area contributed by atoms with Gasteiger partial charge in [-0.1, -0.05) is 12.1 Å². The number of hydrogen-bond donors (Lipinski definition) is 2. The fraction of sp³-hybridized carbons (Fsp3) is 0.333. The van der Waals surface area contributed by atoms with E-state index in [2.05, 4.69) is 29.6 Å². The van der Waals surface area contributed by atoms with Gasteiger partial charge in [0.1, 0.15) is 12.4 Å². The Bertz CT molecular complexity index is 1120. The van der Waals surface area contributed by atoms with Crippen LogP contribution in [0.4, 0.5) is 4.39 Å². The number of carboxylic acids is 1. The number of fused-ring (bicyclic) bond motifs is 3. The van der Waals surface area contributed by atoms with Crippen LogP contribution in [0.25, 0.3) is 10.9 Å². The number of amides is 1. The average molecular weight is 441 g/mol. The molecule has 0 aliphatic heterocycles. The van der Waals surface area contributed by atoms with Gasteiger partial charge in [-0.05, 0) is 73.4 Å². The summed E-state index contributed by atoms with van der Waals surface area (Å²) in [6.45, 7) is -0.149. The lowest BCUT2D eigenvalue weighted by Crippen LogP contribution is -2.39. The van der Waals surface area contributed by atoms with E-state index in [-0.39, 0.29) is 24.3 Å². The third-order valence-electron chi connectivity index (χ3n) is 5.89. The lowest BCUT2D eigenvalue weighted by molar-refractivity contribution is -0.137. The fourth-order valence-electron chi connectivity index (χ4n) is 4.41. The van der Waals surface area contributed by atoms with Crippen LogP contribution < -0.4 is 5.32 Å². The highest BCUT2D eigenvalue weighted by atomic mass is 32.2. The number of carbonyl (C=O) groups is 2. The van der Waals surface area contributed by atoms with Gasteiger partial charge in [0, 0.05) is 34.0 Å². The lowest BCUT2D eigenvalue weighted by atomic mass is 9.91. The van der Waals surface area contributed by atoms with Gasteiger partial charge in [0.2, 0.25) is 5.91 Å². The molecule has 1 heterocycles. The minimum atomic E-state index is -0.926. The zero-order chi connectivity index (χ0) is 22.0. The second kappa shape index (κ2) is 9.14. The highest BCUT2D eigenvalue weighted by Gasteiger charge is 2.27. The van der Waals surface area contributed by atoms with Gasteiger partial charge in [0.15, 0.2) is 0 Å². The summed E-state index contributed by atoms with van der Waals surface area (Å²) in [6, 6.07) is 12.7. The van der Waals surface area contributed by atoms with Crippen LogP contribution in [0.2, 0.25) is 0 Å². The summed E-state index contributed by atoms with van der Waals surface area (Å²) in [5.41, 5.74) is 3.74. The maximum Gasteiger partial charge on any atom is 0.323 e. The number of aryl methyl sites for hydroxylation is 1. The maximum atomic E-state index is 13.9. The number of aliphatic carboxylic acids is 1. The molecule has 1 aliphatic rings. The first-order valence-corrected chi connectivity index (χ1v) is 11.6. The minimum Gasteiger partial charge on any atom is -0.480 e. The Morgan fingerprint density at radius 3 is 2.71 bits per heavy atom. The number of thioether (sulfide) groups is 1. The second-order valence-corrected chi connectivity index (χ2v) is 8.80. The van der Waals surface area contributed by atoms with Crippen LogP contribution in [-0.4, -0.2) is 33.8 Å². The van der Waals surface area contributed by atoms with Crippen molar-refractivity contribution in [3.8, 4) is 0 Å². The monoisotopic (exact) mass is 440 g/mol. The Morgan fingerprint density at radius 1 is 1.23 bits per heavy atom. The summed E-state index contributed by atoms with van der Waals surface area (Å²) in [5, 5.41) is 13.2. The van der Waals surface area contributed by atoms with Crippen molar-refractivity contribution in [1.82, 2.24) is 9.88 Å².